The molecule has 0 saturated heterocycles. The molecule has 3 aromatic heterocycles. The first kappa shape index (κ1) is 17.1. The number of fused-ring (bicyclic) bond motifs is 3. The van der Waals surface area contributed by atoms with Crippen LogP contribution in [0.25, 0.3) is 33.8 Å². The van der Waals surface area contributed by atoms with Gasteiger partial charge in [-0.25, -0.2) is 4.98 Å². The number of para-hydroxylation sites is 2. The van der Waals surface area contributed by atoms with Gasteiger partial charge in [-0.05, 0) is 42.5 Å². The molecular weight excluding hydrogens is 442 g/mol. The number of aromatic nitrogens is 5. The Kier molecular flexibility index (Phi) is 3.99. The highest BCUT2D eigenvalue weighted by atomic mass is 79.9. The van der Waals surface area contributed by atoms with Gasteiger partial charge in [-0.2, -0.15) is 4.68 Å². The summed E-state index contributed by atoms with van der Waals surface area (Å²) in [5, 5.41) is 5.06. The van der Waals surface area contributed by atoms with Gasteiger partial charge in [0.2, 0.25) is 5.65 Å². The highest BCUT2D eigenvalue weighted by Gasteiger charge is 2.19. The predicted molar refractivity (Wildman–Crippen MR) is 112 cm³/mol. The van der Waals surface area contributed by atoms with Crippen molar-refractivity contribution in [3.8, 4) is 17.1 Å². The molecule has 0 N–H and O–H groups in total. The van der Waals surface area contributed by atoms with Crippen LogP contribution in [0.5, 0.6) is 0 Å². The molecule has 0 aliphatic rings. The van der Waals surface area contributed by atoms with Crippen molar-refractivity contribution in [2.45, 2.75) is 0 Å². The summed E-state index contributed by atoms with van der Waals surface area (Å²) in [6.45, 7) is 0. The van der Waals surface area contributed by atoms with Gasteiger partial charge in [-0.3, -0.25) is 14.2 Å². The summed E-state index contributed by atoms with van der Waals surface area (Å²) in [6, 6.07) is 16.5. The van der Waals surface area contributed by atoms with Crippen LogP contribution in [0.4, 0.5) is 0 Å². The van der Waals surface area contributed by atoms with E-state index in [2.05, 4.69) is 31.0 Å². The van der Waals surface area contributed by atoms with E-state index in [1.165, 1.54) is 4.68 Å². The number of hydrogen-bond acceptors (Lipinski definition) is 4. The molecule has 0 amide bonds. The van der Waals surface area contributed by atoms with Crippen molar-refractivity contribution >= 4 is 44.2 Å². The molecule has 0 saturated carbocycles. The van der Waals surface area contributed by atoms with Crippen molar-refractivity contribution in [1.29, 1.82) is 0 Å². The Labute approximate surface area is 172 Å². The number of nitrogens with zero attached hydrogens (tertiary/aromatic N) is 5. The van der Waals surface area contributed by atoms with Crippen LogP contribution >= 0.6 is 27.5 Å². The minimum atomic E-state index is -0.349. The highest BCUT2D eigenvalue weighted by Crippen LogP contribution is 2.26. The molecule has 3 heterocycles. The maximum Gasteiger partial charge on any atom is 0.315 e. The Hall–Kier alpha value is -3.03. The summed E-state index contributed by atoms with van der Waals surface area (Å²) in [7, 11) is 0. The second kappa shape index (κ2) is 6.54. The van der Waals surface area contributed by atoms with Gasteiger partial charge in [0.15, 0.2) is 5.82 Å². The van der Waals surface area contributed by atoms with Crippen LogP contribution in [0.2, 0.25) is 5.02 Å². The van der Waals surface area contributed by atoms with Gasteiger partial charge >= 0.3 is 5.56 Å². The first-order valence-electron chi connectivity index (χ1n) is 8.40. The molecule has 6 nitrogen and oxygen atoms in total. The van der Waals surface area contributed by atoms with Crippen LogP contribution in [-0.4, -0.2) is 24.1 Å². The van der Waals surface area contributed by atoms with Crippen molar-refractivity contribution in [2.24, 2.45) is 0 Å². The van der Waals surface area contributed by atoms with Gasteiger partial charge in [-0.15, -0.1) is 5.10 Å². The normalized spacial score (nSPS) is 11.4. The summed E-state index contributed by atoms with van der Waals surface area (Å²) < 4.78 is 3.89. The molecule has 8 heteroatoms. The van der Waals surface area contributed by atoms with Crippen LogP contribution < -0.4 is 5.56 Å². The Bertz CT molecular complexity index is 1410. The van der Waals surface area contributed by atoms with Crippen molar-refractivity contribution in [3.63, 3.8) is 0 Å². The van der Waals surface area contributed by atoms with Crippen molar-refractivity contribution in [2.75, 3.05) is 0 Å². The van der Waals surface area contributed by atoms with Crippen molar-refractivity contribution in [1.82, 2.24) is 24.1 Å². The molecule has 0 atom stereocenters. The van der Waals surface area contributed by atoms with Crippen LogP contribution in [-0.2, 0) is 0 Å². The summed E-state index contributed by atoms with van der Waals surface area (Å²) in [6.07, 6.45) is 3.37. The Morgan fingerprint density at radius 1 is 1.00 bits per heavy atom. The monoisotopic (exact) mass is 451 g/mol. The molecule has 0 spiro atoms. The smallest absolute Gasteiger partial charge is 0.270 e. The lowest BCUT2D eigenvalue weighted by molar-refractivity contribution is 0.787. The number of rotatable bonds is 2. The molecule has 136 valence electrons. The van der Waals surface area contributed by atoms with E-state index in [1.807, 2.05) is 42.5 Å². The molecule has 5 aromatic rings. The fourth-order valence-corrected chi connectivity index (χ4v) is 3.92. The Balaban J connectivity index is 1.95. The average molecular weight is 453 g/mol. The first-order valence-corrected chi connectivity index (χ1v) is 9.57. The Morgan fingerprint density at radius 3 is 2.57 bits per heavy atom. The number of pyridine rings is 1. The molecule has 2 aromatic carbocycles. The molecule has 0 aliphatic heterocycles. The van der Waals surface area contributed by atoms with Crippen LogP contribution in [0, 0.1) is 0 Å². The van der Waals surface area contributed by atoms with Crippen LogP contribution in [0.15, 0.2) is 76.3 Å². The van der Waals surface area contributed by atoms with Gasteiger partial charge in [0.05, 0.1) is 21.7 Å². The van der Waals surface area contributed by atoms with Gasteiger partial charge in [-0.1, -0.05) is 39.7 Å². The molecule has 0 radical (unpaired) electrons. The van der Waals surface area contributed by atoms with E-state index in [-0.39, 0.29) is 11.2 Å². The topological polar surface area (TPSA) is 65.1 Å². The van der Waals surface area contributed by atoms with Crippen molar-refractivity contribution in [3.05, 3.63) is 86.8 Å². The van der Waals surface area contributed by atoms with E-state index in [0.29, 0.717) is 16.5 Å². The number of imidazole rings is 1. The highest BCUT2D eigenvalue weighted by molar-refractivity contribution is 9.10. The van der Waals surface area contributed by atoms with E-state index in [0.717, 1.165) is 21.1 Å². The van der Waals surface area contributed by atoms with Crippen LogP contribution in [0.1, 0.15) is 0 Å². The standard InChI is InChI=1S/C20H11BrClN5O/c21-13-5-6-16(14(22)11-13)27-20(28)19-24-15-3-1-2-4-17(15)26(19)18(25-27)12-7-9-23-10-8-12/h1-11H. The molecule has 0 bridgehead atoms. The minimum absolute atomic E-state index is 0.280. The van der Waals surface area contributed by atoms with Crippen LogP contribution in [0.3, 0.4) is 0 Å². The molecule has 0 fully saturated rings. The third-order valence-electron chi connectivity index (χ3n) is 4.43. The van der Waals surface area contributed by atoms with E-state index in [4.69, 9.17) is 11.6 Å². The zero-order chi connectivity index (χ0) is 19.3. The third kappa shape index (κ3) is 2.63. The van der Waals surface area contributed by atoms with Gasteiger partial charge in [0, 0.05) is 22.4 Å². The van der Waals surface area contributed by atoms with Crippen molar-refractivity contribution < 1.29 is 0 Å². The lowest BCUT2D eigenvalue weighted by Gasteiger charge is -2.12. The second-order valence-electron chi connectivity index (χ2n) is 6.13. The number of benzene rings is 2. The molecule has 0 unspecified atom stereocenters. The Morgan fingerprint density at radius 2 is 1.79 bits per heavy atom. The minimum Gasteiger partial charge on any atom is -0.270 e. The quantitative estimate of drug-likeness (QED) is 0.395. The zero-order valence-corrected chi connectivity index (χ0v) is 16.6. The van der Waals surface area contributed by atoms with Gasteiger partial charge in [0.1, 0.15) is 0 Å². The summed E-state index contributed by atoms with van der Waals surface area (Å²) in [4.78, 5) is 21.9. The summed E-state index contributed by atoms with van der Waals surface area (Å²) >= 11 is 9.78. The van der Waals surface area contributed by atoms with E-state index in [1.54, 1.807) is 28.9 Å². The van der Waals surface area contributed by atoms with Gasteiger partial charge in [0.25, 0.3) is 0 Å². The van der Waals surface area contributed by atoms with E-state index in [9.17, 15) is 4.79 Å². The zero-order valence-electron chi connectivity index (χ0n) is 14.3. The second-order valence-corrected chi connectivity index (χ2v) is 7.45. The fourth-order valence-electron chi connectivity index (χ4n) is 3.17. The SMILES string of the molecule is O=c1c2nc3ccccc3n2c(-c2ccncc2)nn1-c1ccc(Br)cc1Cl. The lowest BCUT2D eigenvalue weighted by Crippen LogP contribution is -2.25. The predicted octanol–water partition coefficient (Wildman–Crippen LogP) is 4.51. The number of halogens is 2. The molecule has 28 heavy (non-hydrogen) atoms. The molecule has 0 aliphatic carbocycles. The fraction of sp³-hybridized carbons (Fsp3) is 0. The maximum atomic E-state index is 13.3. The summed E-state index contributed by atoms with van der Waals surface area (Å²) in [5.41, 5.74) is 2.75. The molecule has 5 rings (SSSR count). The third-order valence-corrected chi connectivity index (χ3v) is 5.22. The average Bonchev–Trinajstić information content (AvgIpc) is 3.10. The van der Waals surface area contributed by atoms with E-state index >= 15 is 0 Å². The summed E-state index contributed by atoms with van der Waals surface area (Å²) in [5.74, 6) is 0.574. The number of hydrogen-bond donors (Lipinski definition) is 0. The maximum absolute atomic E-state index is 13.3. The van der Waals surface area contributed by atoms with E-state index < -0.39 is 0 Å². The lowest BCUT2D eigenvalue weighted by atomic mass is 10.2. The largest absolute Gasteiger partial charge is 0.315 e. The first-order chi connectivity index (χ1) is 13.6. The molecular formula is C20H11BrClN5O. The van der Waals surface area contributed by atoms with Gasteiger partial charge < -0.3 is 0 Å².